The molecule has 0 saturated carbocycles. The van der Waals surface area contributed by atoms with Gasteiger partial charge in [-0.1, -0.05) is 26.0 Å². The minimum absolute atomic E-state index is 0.283. The van der Waals surface area contributed by atoms with E-state index < -0.39 is 0 Å². The second kappa shape index (κ2) is 5.13. The maximum atomic E-state index is 3.65. The lowest BCUT2D eigenvalue weighted by molar-refractivity contribution is 0.0660. The van der Waals surface area contributed by atoms with Gasteiger partial charge in [0, 0.05) is 31.2 Å². The summed E-state index contributed by atoms with van der Waals surface area (Å²) in [6, 6.07) is 0.642. The van der Waals surface area contributed by atoms with Gasteiger partial charge < -0.3 is 5.32 Å². The van der Waals surface area contributed by atoms with Crippen molar-refractivity contribution >= 4 is 0 Å². The lowest BCUT2D eigenvalue weighted by Gasteiger charge is -2.47. The second-order valence-electron chi connectivity index (χ2n) is 5.52. The largest absolute Gasteiger partial charge is 0.311 e. The van der Waals surface area contributed by atoms with Gasteiger partial charge in [0.15, 0.2) is 0 Å². The molecule has 88 valence electrons. The van der Waals surface area contributed by atoms with E-state index >= 15 is 0 Å². The highest BCUT2D eigenvalue weighted by atomic mass is 15.3. The van der Waals surface area contributed by atoms with Crippen LogP contribution >= 0.6 is 0 Å². The predicted octanol–water partition coefficient (Wildman–Crippen LogP) is 2.27. The fourth-order valence-corrected chi connectivity index (χ4v) is 2.04. The van der Waals surface area contributed by atoms with E-state index in [4.69, 9.17) is 0 Å². The van der Waals surface area contributed by atoms with Gasteiger partial charge in [-0.25, -0.2) is 0 Å². The molecule has 0 spiro atoms. The third-order valence-electron chi connectivity index (χ3n) is 3.44. The van der Waals surface area contributed by atoms with E-state index in [1.54, 1.807) is 0 Å². The summed E-state index contributed by atoms with van der Waals surface area (Å²) in [7, 11) is 0. The summed E-state index contributed by atoms with van der Waals surface area (Å²) < 4.78 is 0. The molecule has 0 radical (unpaired) electrons. The first-order valence-electron chi connectivity index (χ1n) is 6.07. The lowest BCUT2D eigenvalue weighted by Crippen LogP contribution is -2.63. The number of hydrogen-bond acceptors (Lipinski definition) is 2. The molecule has 1 aliphatic rings. The number of rotatable bonds is 3. The Kier molecular flexibility index (Phi) is 4.35. The SMILES string of the molecule is C/C=C/CN1CC(C(C)C)NCC1(C)C. The van der Waals surface area contributed by atoms with Crippen molar-refractivity contribution in [3.05, 3.63) is 12.2 Å². The number of nitrogens with zero attached hydrogens (tertiary/aromatic N) is 1. The first-order chi connectivity index (χ1) is 6.97. The molecule has 1 rings (SSSR count). The van der Waals surface area contributed by atoms with Crippen LogP contribution in [-0.2, 0) is 0 Å². The summed E-state index contributed by atoms with van der Waals surface area (Å²) >= 11 is 0. The number of hydrogen-bond donors (Lipinski definition) is 1. The summed E-state index contributed by atoms with van der Waals surface area (Å²) in [6.45, 7) is 14.7. The van der Waals surface area contributed by atoms with Crippen molar-refractivity contribution in [1.82, 2.24) is 10.2 Å². The molecule has 1 atom stereocenters. The highest BCUT2D eigenvalue weighted by Crippen LogP contribution is 2.20. The van der Waals surface area contributed by atoms with E-state index in [2.05, 4.69) is 57.0 Å². The monoisotopic (exact) mass is 210 g/mol. The van der Waals surface area contributed by atoms with Crippen LogP contribution in [0.1, 0.15) is 34.6 Å². The Bertz CT molecular complexity index is 219. The molecule has 2 heteroatoms. The molecule has 0 aromatic carbocycles. The molecule has 0 aromatic rings. The van der Waals surface area contributed by atoms with Crippen LogP contribution in [0.4, 0.5) is 0 Å². The van der Waals surface area contributed by atoms with Gasteiger partial charge in [0.25, 0.3) is 0 Å². The van der Waals surface area contributed by atoms with E-state index in [9.17, 15) is 0 Å². The molecule has 0 aliphatic carbocycles. The topological polar surface area (TPSA) is 15.3 Å². The zero-order valence-electron chi connectivity index (χ0n) is 10.9. The maximum absolute atomic E-state index is 3.65. The third-order valence-corrected chi connectivity index (χ3v) is 3.44. The van der Waals surface area contributed by atoms with Crippen LogP contribution in [0.25, 0.3) is 0 Å². The number of nitrogens with one attached hydrogen (secondary N) is 1. The Balaban J connectivity index is 2.61. The van der Waals surface area contributed by atoms with Gasteiger partial charge in [0.2, 0.25) is 0 Å². The van der Waals surface area contributed by atoms with Gasteiger partial charge in [0.1, 0.15) is 0 Å². The Hall–Kier alpha value is -0.340. The molecule has 2 nitrogen and oxygen atoms in total. The average molecular weight is 210 g/mol. The summed E-state index contributed by atoms with van der Waals surface area (Å²) in [6.07, 6.45) is 4.40. The second-order valence-corrected chi connectivity index (χ2v) is 5.52. The Morgan fingerprint density at radius 1 is 1.47 bits per heavy atom. The predicted molar refractivity (Wildman–Crippen MR) is 67.1 cm³/mol. The Labute approximate surface area is 94.7 Å². The van der Waals surface area contributed by atoms with Crippen LogP contribution < -0.4 is 5.32 Å². The maximum Gasteiger partial charge on any atom is 0.0281 e. The summed E-state index contributed by atoms with van der Waals surface area (Å²) in [5.41, 5.74) is 0.283. The number of allylic oxidation sites excluding steroid dienone is 1. The van der Waals surface area contributed by atoms with Crippen LogP contribution in [0.15, 0.2) is 12.2 Å². The van der Waals surface area contributed by atoms with Gasteiger partial charge in [-0.3, -0.25) is 4.90 Å². The van der Waals surface area contributed by atoms with Crippen LogP contribution in [0.3, 0.4) is 0 Å². The molecule has 1 saturated heterocycles. The van der Waals surface area contributed by atoms with E-state index in [0.717, 1.165) is 19.6 Å². The molecule has 1 unspecified atom stereocenters. The molecule has 0 bridgehead atoms. The van der Waals surface area contributed by atoms with Crippen molar-refractivity contribution in [2.75, 3.05) is 19.6 Å². The quantitative estimate of drug-likeness (QED) is 0.719. The van der Waals surface area contributed by atoms with Gasteiger partial charge in [-0.2, -0.15) is 0 Å². The van der Waals surface area contributed by atoms with Gasteiger partial charge in [-0.05, 0) is 26.7 Å². The van der Waals surface area contributed by atoms with Crippen molar-refractivity contribution in [1.29, 1.82) is 0 Å². The van der Waals surface area contributed by atoms with Crippen molar-refractivity contribution in [3.8, 4) is 0 Å². The molecule has 0 aromatic heterocycles. The lowest BCUT2D eigenvalue weighted by atomic mass is 9.93. The normalized spacial score (nSPS) is 27.7. The molecular weight excluding hydrogens is 184 g/mol. The smallest absolute Gasteiger partial charge is 0.0281 e. The van der Waals surface area contributed by atoms with Crippen LogP contribution in [0.5, 0.6) is 0 Å². The zero-order chi connectivity index (χ0) is 11.5. The standard InChI is InChI=1S/C13H26N2/c1-6-7-8-15-9-12(11(2)3)14-10-13(15,4)5/h6-7,11-12,14H,8-10H2,1-5H3/b7-6+. The fraction of sp³-hybridized carbons (Fsp3) is 0.846. The molecule has 1 fully saturated rings. The molecule has 1 heterocycles. The zero-order valence-corrected chi connectivity index (χ0v) is 10.9. The van der Waals surface area contributed by atoms with E-state index in [0.29, 0.717) is 12.0 Å². The van der Waals surface area contributed by atoms with Crippen molar-refractivity contribution < 1.29 is 0 Å². The number of piperazine rings is 1. The third kappa shape index (κ3) is 3.32. The van der Waals surface area contributed by atoms with Crippen LogP contribution in [-0.4, -0.2) is 36.1 Å². The van der Waals surface area contributed by atoms with Crippen LogP contribution in [0, 0.1) is 5.92 Å². The Morgan fingerprint density at radius 3 is 2.67 bits per heavy atom. The molecule has 0 amide bonds. The minimum Gasteiger partial charge on any atom is -0.311 e. The van der Waals surface area contributed by atoms with E-state index in [1.807, 2.05) is 0 Å². The molecule has 1 N–H and O–H groups in total. The first-order valence-corrected chi connectivity index (χ1v) is 6.07. The molecule has 1 aliphatic heterocycles. The average Bonchev–Trinajstić information content (AvgIpc) is 2.15. The summed E-state index contributed by atoms with van der Waals surface area (Å²) in [5.74, 6) is 0.717. The summed E-state index contributed by atoms with van der Waals surface area (Å²) in [5, 5.41) is 3.65. The van der Waals surface area contributed by atoms with Crippen molar-refractivity contribution in [2.45, 2.75) is 46.2 Å². The fourth-order valence-electron chi connectivity index (χ4n) is 2.04. The summed E-state index contributed by atoms with van der Waals surface area (Å²) in [4.78, 5) is 2.58. The van der Waals surface area contributed by atoms with Gasteiger partial charge in [-0.15, -0.1) is 0 Å². The van der Waals surface area contributed by atoms with E-state index in [-0.39, 0.29) is 5.54 Å². The van der Waals surface area contributed by atoms with Gasteiger partial charge >= 0.3 is 0 Å². The first kappa shape index (κ1) is 12.7. The molecular formula is C13H26N2. The van der Waals surface area contributed by atoms with Gasteiger partial charge in [0.05, 0.1) is 0 Å². The van der Waals surface area contributed by atoms with Crippen molar-refractivity contribution in [3.63, 3.8) is 0 Å². The van der Waals surface area contributed by atoms with E-state index in [1.165, 1.54) is 0 Å². The highest BCUT2D eigenvalue weighted by molar-refractivity contribution is 4.96. The molecule has 15 heavy (non-hydrogen) atoms. The minimum atomic E-state index is 0.283. The van der Waals surface area contributed by atoms with Crippen molar-refractivity contribution in [2.24, 2.45) is 5.92 Å². The van der Waals surface area contributed by atoms with Crippen LogP contribution in [0.2, 0.25) is 0 Å². The Morgan fingerprint density at radius 2 is 2.13 bits per heavy atom. The highest BCUT2D eigenvalue weighted by Gasteiger charge is 2.33.